The van der Waals surface area contributed by atoms with Crippen LogP contribution < -0.4 is 10.6 Å². The smallest absolute Gasteiger partial charge is 0.191 e. The Kier molecular flexibility index (Phi) is 12.6. The van der Waals surface area contributed by atoms with Crippen molar-refractivity contribution in [2.45, 2.75) is 45.6 Å². The lowest BCUT2D eigenvalue weighted by molar-refractivity contribution is 0.0171. The largest absolute Gasteiger partial charge is 0.379 e. The van der Waals surface area contributed by atoms with Gasteiger partial charge in [0.05, 0.1) is 12.7 Å². The van der Waals surface area contributed by atoms with Crippen LogP contribution in [0.25, 0.3) is 0 Å². The fourth-order valence-electron chi connectivity index (χ4n) is 2.66. The number of nitrogens with zero attached hydrogens (tertiary/aromatic N) is 2. The summed E-state index contributed by atoms with van der Waals surface area (Å²) >= 11 is 0. The van der Waals surface area contributed by atoms with E-state index in [1.54, 1.807) is 0 Å². The van der Waals surface area contributed by atoms with Gasteiger partial charge < -0.3 is 20.1 Å². The Bertz CT molecular complexity index is 505. The van der Waals surface area contributed by atoms with Crippen LogP contribution in [-0.4, -0.2) is 56.5 Å². The lowest BCUT2D eigenvalue weighted by Crippen LogP contribution is -2.38. The summed E-state index contributed by atoms with van der Waals surface area (Å²) in [5.41, 5.74) is 2.28. The van der Waals surface area contributed by atoms with Gasteiger partial charge in [-0.1, -0.05) is 6.07 Å². The Morgan fingerprint density at radius 1 is 1.38 bits per heavy atom. The van der Waals surface area contributed by atoms with Crippen molar-refractivity contribution in [3.8, 4) is 0 Å². The average Bonchev–Trinajstić information content (AvgIpc) is 3.13. The molecule has 7 heteroatoms. The van der Waals surface area contributed by atoms with Crippen molar-refractivity contribution < 1.29 is 9.47 Å². The number of halogens is 1. The number of pyridine rings is 1. The number of aromatic nitrogens is 1. The molecule has 1 fully saturated rings. The van der Waals surface area contributed by atoms with E-state index in [4.69, 9.17) is 9.47 Å². The number of guanidine groups is 1. The van der Waals surface area contributed by atoms with E-state index in [0.29, 0.717) is 12.7 Å². The van der Waals surface area contributed by atoms with Gasteiger partial charge in [-0.25, -0.2) is 0 Å². The summed E-state index contributed by atoms with van der Waals surface area (Å²) in [7, 11) is 0. The zero-order chi connectivity index (χ0) is 17.7. The molecule has 26 heavy (non-hydrogen) atoms. The Labute approximate surface area is 174 Å². The molecule has 148 valence electrons. The van der Waals surface area contributed by atoms with Crippen LogP contribution >= 0.6 is 24.0 Å². The van der Waals surface area contributed by atoms with E-state index in [0.717, 1.165) is 70.2 Å². The van der Waals surface area contributed by atoms with Crippen molar-refractivity contribution in [2.75, 3.05) is 39.5 Å². The minimum atomic E-state index is 0. The molecule has 0 spiro atoms. The first kappa shape index (κ1) is 23.1. The number of hydrogen-bond acceptors (Lipinski definition) is 4. The number of ether oxygens (including phenoxy) is 2. The molecule has 2 heterocycles. The monoisotopic (exact) mass is 476 g/mol. The molecule has 1 saturated heterocycles. The van der Waals surface area contributed by atoms with Crippen LogP contribution in [0.5, 0.6) is 0 Å². The normalized spacial score (nSPS) is 17.0. The molecule has 6 nitrogen and oxygen atoms in total. The van der Waals surface area contributed by atoms with Crippen molar-refractivity contribution in [1.82, 2.24) is 15.6 Å². The average molecular weight is 476 g/mol. The van der Waals surface area contributed by atoms with E-state index < -0.39 is 0 Å². The molecule has 1 aliphatic rings. The Balaban J connectivity index is 0.00000338. The summed E-state index contributed by atoms with van der Waals surface area (Å²) in [6, 6.07) is 4.17. The maximum absolute atomic E-state index is 5.67. The zero-order valence-corrected chi connectivity index (χ0v) is 18.3. The van der Waals surface area contributed by atoms with Gasteiger partial charge in [0.25, 0.3) is 0 Å². The number of aliphatic imine (C=N–C) groups is 1. The van der Waals surface area contributed by atoms with E-state index in [2.05, 4.69) is 33.6 Å². The second-order valence-corrected chi connectivity index (χ2v) is 6.31. The van der Waals surface area contributed by atoms with Crippen LogP contribution in [0.15, 0.2) is 23.3 Å². The first-order chi connectivity index (χ1) is 12.3. The highest BCUT2D eigenvalue weighted by Gasteiger charge is 2.14. The predicted octanol–water partition coefficient (Wildman–Crippen LogP) is 2.69. The molecule has 0 bridgehead atoms. The number of hydrogen-bond donors (Lipinski definition) is 2. The Morgan fingerprint density at radius 2 is 2.27 bits per heavy atom. The third-order valence-electron chi connectivity index (χ3n) is 4.07. The lowest BCUT2D eigenvalue weighted by Gasteiger charge is -2.12. The van der Waals surface area contributed by atoms with Gasteiger partial charge in [-0.2, -0.15) is 0 Å². The molecule has 1 atom stereocenters. The SMILES string of the molecule is CCNC(=NCCCOCC1CCCO1)NCCc1ccc(C)nc1.I. The molecule has 2 rings (SSSR count). The lowest BCUT2D eigenvalue weighted by atomic mass is 10.2. The highest BCUT2D eigenvalue weighted by Crippen LogP contribution is 2.11. The fourth-order valence-corrected chi connectivity index (χ4v) is 2.66. The Morgan fingerprint density at radius 3 is 2.96 bits per heavy atom. The van der Waals surface area contributed by atoms with Crippen LogP contribution in [0.4, 0.5) is 0 Å². The summed E-state index contributed by atoms with van der Waals surface area (Å²) in [5.74, 6) is 0.863. The third-order valence-corrected chi connectivity index (χ3v) is 4.07. The van der Waals surface area contributed by atoms with Crippen molar-refractivity contribution in [3.63, 3.8) is 0 Å². The van der Waals surface area contributed by atoms with E-state index >= 15 is 0 Å². The molecule has 1 unspecified atom stereocenters. The summed E-state index contributed by atoms with van der Waals surface area (Å²) in [6.45, 7) is 8.86. The number of nitrogens with one attached hydrogen (secondary N) is 2. The molecule has 0 aromatic carbocycles. The maximum Gasteiger partial charge on any atom is 0.191 e. The molecular weight excluding hydrogens is 443 g/mol. The molecule has 0 aliphatic carbocycles. The molecule has 0 saturated carbocycles. The first-order valence-electron chi connectivity index (χ1n) is 9.41. The van der Waals surface area contributed by atoms with Gasteiger partial charge in [0.15, 0.2) is 5.96 Å². The van der Waals surface area contributed by atoms with Gasteiger partial charge in [0, 0.05) is 44.7 Å². The topological polar surface area (TPSA) is 67.8 Å². The van der Waals surface area contributed by atoms with Crippen molar-refractivity contribution in [2.24, 2.45) is 4.99 Å². The van der Waals surface area contributed by atoms with Crippen LogP contribution in [-0.2, 0) is 15.9 Å². The molecule has 0 radical (unpaired) electrons. The quantitative estimate of drug-likeness (QED) is 0.235. The Hall–Kier alpha value is -0.930. The molecule has 1 aliphatic heterocycles. The van der Waals surface area contributed by atoms with E-state index in [1.807, 2.05) is 19.2 Å². The molecule has 2 N–H and O–H groups in total. The standard InChI is InChI=1S/C19H32N4O2.HI/c1-3-20-19(22-11-9-17-8-7-16(2)23-14-17)21-10-5-12-24-15-18-6-4-13-25-18;/h7-8,14,18H,3-6,9-13,15H2,1-2H3,(H2,20,21,22);1H. The van der Waals surface area contributed by atoms with E-state index in [9.17, 15) is 0 Å². The number of rotatable bonds is 10. The molecule has 1 aromatic rings. The molecule has 1 aromatic heterocycles. The van der Waals surface area contributed by atoms with Gasteiger partial charge in [0.1, 0.15) is 0 Å². The van der Waals surface area contributed by atoms with Crippen LogP contribution in [0.1, 0.15) is 37.4 Å². The van der Waals surface area contributed by atoms with Crippen molar-refractivity contribution in [1.29, 1.82) is 0 Å². The summed E-state index contributed by atoms with van der Waals surface area (Å²) < 4.78 is 11.2. The zero-order valence-electron chi connectivity index (χ0n) is 16.0. The van der Waals surface area contributed by atoms with Gasteiger partial charge in [-0.15, -0.1) is 24.0 Å². The van der Waals surface area contributed by atoms with Crippen molar-refractivity contribution in [3.05, 3.63) is 29.6 Å². The van der Waals surface area contributed by atoms with E-state index in [1.165, 1.54) is 5.56 Å². The molecule has 0 amide bonds. The summed E-state index contributed by atoms with van der Waals surface area (Å²) in [5, 5.41) is 6.65. The van der Waals surface area contributed by atoms with Crippen LogP contribution in [0, 0.1) is 6.92 Å². The minimum Gasteiger partial charge on any atom is -0.379 e. The summed E-state index contributed by atoms with van der Waals surface area (Å²) in [6.07, 6.45) is 6.39. The maximum atomic E-state index is 5.67. The summed E-state index contributed by atoms with van der Waals surface area (Å²) in [4.78, 5) is 8.92. The first-order valence-corrected chi connectivity index (χ1v) is 9.41. The third kappa shape index (κ3) is 9.68. The van der Waals surface area contributed by atoms with Crippen molar-refractivity contribution >= 4 is 29.9 Å². The van der Waals surface area contributed by atoms with Crippen LogP contribution in [0.3, 0.4) is 0 Å². The van der Waals surface area contributed by atoms with Crippen LogP contribution in [0.2, 0.25) is 0 Å². The van der Waals surface area contributed by atoms with Gasteiger partial charge in [-0.05, 0) is 51.2 Å². The van der Waals surface area contributed by atoms with E-state index in [-0.39, 0.29) is 24.0 Å². The predicted molar refractivity (Wildman–Crippen MR) is 116 cm³/mol. The molecular formula is C19H33IN4O2. The highest BCUT2D eigenvalue weighted by atomic mass is 127. The van der Waals surface area contributed by atoms with Gasteiger partial charge in [0.2, 0.25) is 0 Å². The van der Waals surface area contributed by atoms with Gasteiger partial charge in [-0.3, -0.25) is 9.98 Å². The number of aryl methyl sites for hydroxylation is 1. The second kappa shape index (κ2) is 14.2. The second-order valence-electron chi connectivity index (χ2n) is 6.31. The van der Waals surface area contributed by atoms with Gasteiger partial charge >= 0.3 is 0 Å². The highest BCUT2D eigenvalue weighted by molar-refractivity contribution is 14.0. The minimum absolute atomic E-state index is 0. The fraction of sp³-hybridized carbons (Fsp3) is 0.684.